The molecule has 9 nitrogen and oxygen atoms in total. The minimum atomic E-state index is -1.40. The molecule has 30 heavy (non-hydrogen) atoms. The van der Waals surface area contributed by atoms with Crippen LogP contribution in [-0.2, 0) is 37.0 Å². The molecule has 0 unspecified atom stereocenters. The topological polar surface area (TPSA) is 128 Å². The molecule has 2 aromatic carbocycles. The standard InChI is InChI=1S/C21H21NO8/c1-28-20(26)17(11-18(23)24)22-21(27)30-13-15-9-5-6-10-16(15)19(25)29-12-14-7-3-2-4-8-14/h2-10,17H,11-13H2,1H3,(H,22,27)(H,23,24)/t17-/m0/s1. The number of carbonyl (C=O) groups excluding carboxylic acids is 3. The lowest BCUT2D eigenvalue weighted by molar-refractivity contribution is -0.148. The van der Waals surface area contributed by atoms with Gasteiger partial charge in [0.1, 0.15) is 19.3 Å². The first kappa shape index (κ1) is 22.4. The highest BCUT2D eigenvalue weighted by atomic mass is 16.6. The molecule has 2 rings (SSSR count). The van der Waals surface area contributed by atoms with Crippen LogP contribution in [-0.4, -0.2) is 42.3 Å². The SMILES string of the molecule is COC(=O)[C@H](CC(=O)O)NC(=O)OCc1ccccc1C(=O)OCc1ccccc1. The molecule has 1 atom stereocenters. The molecule has 1 amide bonds. The summed E-state index contributed by atoms with van der Waals surface area (Å²) >= 11 is 0. The fourth-order valence-corrected chi connectivity index (χ4v) is 2.48. The van der Waals surface area contributed by atoms with Crippen LogP contribution in [0.3, 0.4) is 0 Å². The van der Waals surface area contributed by atoms with E-state index in [4.69, 9.17) is 14.6 Å². The molecular formula is C21H21NO8. The first-order valence-corrected chi connectivity index (χ1v) is 8.92. The average Bonchev–Trinajstić information content (AvgIpc) is 2.75. The molecule has 0 bridgehead atoms. The van der Waals surface area contributed by atoms with Gasteiger partial charge in [0.2, 0.25) is 0 Å². The van der Waals surface area contributed by atoms with Gasteiger partial charge in [-0.3, -0.25) is 4.79 Å². The van der Waals surface area contributed by atoms with Crippen molar-refractivity contribution in [3.05, 3.63) is 71.3 Å². The molecule has 0 aromatic heterocycles. The summed E-state index contributed by atoms with van der Waals surface area (Å²) in [6, 6.07) is 14.2. The summed E-state index contributed by atoms with van der Waals surface area (Å²) in [4.78, 5) is 46.8. The van der Waals surface area contributed by atoms with Crippen molar-refractivity contribution in [2.75, 3.05) is 7.11 Å². The third-order valence-electron chi connectivity index (χ3n) is 3.97. The van der Waals surface area contributed by atoms with Gasteiger partial charge in [-0.1, -0.05) is 48.5 Å². The second-order valence-corrected chi connectivity index (χ2v) is 6.11. The maximum absolute atomic E-state index is 12.4. The Bertz CT molecular complexity index is 897. The van der Waals surface area contributed by atoms with E-state index in [-0.39, 0.29) is 18.8 Å². The zero-order valence-corrected chi connectivity index (χ0v) is 16.2. The van der Waals surface area contributed by atoms with E-state index in [1.165, 1.54) is 6.07 Å². The molecule has 2 aromatic rings. The Morgan fingerprint density at radius 2 is 1.60 bits per heavy atom. The van der Waals surface area contributed by atoms with E-state index in [9.17, 15) is 19.2 Å². The third kappa shape index (κ3) is 6.93. The van der Waals surface area contributed by atoms with Gasteiger partial charge in [-0.2, -0.15) is 0 Å². The van der Waals surface area contributed by atoms with Gasteiger partial charge in [-0.15, -0.1) is 0 Å². The van der Waals surface area contributed by atoms with Gasteiger partial charge in [0.05, 0.1) is 19.1 Å². The van der Waals surface area contributed by atoms with E-state index in [1.54, 1.807) is 18.2 Å². The van der Waals surface area contributed by atoms with Crippen LogP contribution >= 0.6 is 0 Å². The summed E-state index contributed by atoms with van der Waals surface area (Å²) in [7, 11) is 1.07. The number of carbonyl (C=O) groups is 4. The summed E-state index contributed by atoms with van der Waals surface area (Å²) < 4.78 is 14.8. The molecule has 0 radical (unpaired) electrons. The third-order valence-corrected chi connectivity index (χ3v) is 3.97. The fraction of sp³-hybridized carbons (Fsp3) is 0.238. The smallest absolute Gasteiger partial charge is 0.408 e. The number of rotatable bonds is 9. The molecular weight excluding hydrogens is 394 g/mol. The number of carboxylic acid groups (broad SMARTS) is 1. The van der Waals surface area contributed by atoms with E-state index < -0.39 is 36.5 Å². The number of esters is 2. The molecule has 0 aliphatic heterocycles. The number of nitrogens with one attached hydrogen (secondary N) is 1. The minimum absolute atomic E-state index is 0.0886. The van der Waals surface area contributed by atoms with E-state index in [0.29, 0.717) is 5.56 Å². The molecule has 0 aliphatic carbocycles. The Balaban J connectivity index is 1.96. The quantitative estimate of drug-likeness (QED) is 0.472. The number of hydrogen-bond donors (Lipinski definition) is 2. The summed E-state index contributed by atoms with van der Waals surface area (Å²) in [5, 5.41) is 11.0. The Labute approximate surface area is 172 Å². The van der Waals surface area contributed by atoms with E-state index in [1.807, 2.05) is 30.3 Å². The predicted molar refractivity (Wildman–Crippen MR) is 103 cm³/mol. The van der Waals surface area contributed by atoms with Crippen molar-refractivity contribution >= 4 is 24.0 Å². The number of amides is 1. The zero-order chi connectivity index (χ0) is 21.9. The largest absolute Gasteiger partial charge is 0.481 e. The van der Waals surface area contributed by atoms with Crippen molar-refractivity contribution in [3.8, 4) is 0 Å². The first-order chi connectivity index (χ1) is 14.4. The molecule has 158 valence electrons. The molecule has 0 fully saturated rings. The van der Waals surface area contributed by atoms with Crippen LogP contribution in [0.5, 0.6) is 0 Å². The van der Waals surface area contributed by atoms with Gasteiger partial charge in [0, 0.05) is 5.56 Å². The normalized spacial score (nSPS) is 11.1. The summed E-state index contributed by atoms with van der Waals surface area (Å²) in [6.07, 6.45) is -1.69. The average molecular weight is 415 g/mol. The zero-order valence-electron chi connectivity index (χ0n) is 16.2. The minimum Gasteiger partial charge on any atom is -0.481 e. The number of alkyl carbamates (subject to hydrolysis) is 1. The number of hydrogen-bond acceptors (Lipinski definition) is 7. The number of ether oxygens (including phenoxy) is 3. The van der Waals surface area contributed by atoms with E-state index in [0.717, 1.165) is 12.7 Å². The Hall–Kier alpha value is -3.88. The van der Waals surface area contributed by atoms with Crippen LogP contribution in [0.4, 0.5) is 4.79 Å². The number of benzene rings is 2. The van der Waals surface area contributed by atoms with Gasteiger partial charge >= 0.3 is 24.0 Å². The van der Waals surface area contributed by atoms with Crippen LogP contribution < -0.4 is 5.32 Å². The van der Waals surface area contributed by atoms with Crippen LogP contribution in [0.1, 0.15) is 27.9 Å². The molecule has 0 heterocycles. The summed E-state index contributed by atoms with van der Waals surface area (Å²) in [5.74, 6) is -2.80. The summed E-state index contributed by atoms with van der Waals surface area (Å²) in [6.45, 7) is -0.200. The molecule has 0 saturated heterocycles. The maximum Gasteiger partial charge on any atom is 0.408 e. The first-order valence-electron chi connectivity index (χ1n) is 8.92. The van der Waals surface area contributed by atoms with Crippen molar-refractivity contribution in [1.82, 2.24) is 5.32 Å². The molecule has 2 N–H and O–H groups in total. The van der Waals surface area contributed by atoms with Crippen molar-refractivity contribution < 1.29 is 38.5 Å². The van der Waals surface area contributed by atoms with Gasteiger partial charge in [-0.25, -0.2) is 14.4 Å². The van der Waals surface area contributed by atoms with Crippen molar-refractivity contribution in [1.29, 1.82) is 0 Å². The lowest BCUT2D eigenvalue weighted by Gasteiger charge is -2.15. The molecule has 0 saturated carbocycles. The van der Waals surface area contributed by atoms with Gasteiger partial charge < -0.3 is 24.6 Å². The Morgan fingerprint density at radius 1 is 0.933 bits per heavy atom. The monoisotopic (exact) mass is 415 g/mol. The lowest BCUT2D eigenvalue weighted by Crippen LogP contribution is -2.43. The Morgan fingerprint density at radius 3 is 2.27 bits per heavy atom. The second-order valence-electron chi connectivity index (χ2n) is 6.11. The van der Waals surface area contributed by atoms with Crippen LogP contribution in [0.15, 0.2) is 54.6 Å². The highest BCUT2D eigenvalue weighted by Gasteiger charge is 2.25. The van der Waals surface area contributed by atoms with Gasteiger partial charge in [0.25, 0.3) is 0 Å². The lowest BCUT2D eigenvalue weighted by atomic mass is 10.1. The van der Waals surface area contributed by atoms with E-state index in [2.05, 4.69) is 10.1 Å². The van der Waals surface area contributed by atoms with Crippen LogP contribution in [0.2, 0.25) is 0 Å². The van der Waals surface area contributed by atoms with Crippen molar-refractivity contribution in [2.24, 2.45) is 0 Å². The van der Waals surface area contributed by atoms with Crippen LogP contribution in [0.25, 0.3) is 0 Å². The van der Waals surface area contributed by atoms with Gasteiger partial charge in [-0.05, 0) is 11.6 Å². The number of aliphatic carboxylic acids is 1. The molecule has 0 spiro atoms. The summed E-state index contributed by atoms with van der Waals surface area (Å²) in [5.41, 5.74) is 1.43. The molecule has 0 aliphatic rings. The highest BCUT2D eigenvalue weighted by Crippen LogP contribution is 2.13. The Kier molecular flexibility index (Phi) is 8.37. The van der Waals surface area contributed by atoms with E-state index >= 15 is 0 Å². The van der Waals surface area contributed by atoms with Crippen molar-refractivity contribution in [2.45, 2.75) is 25.7 Å². The highest BCUT2D eigenvalue weighted by molar-refractivity contribution is 5.91. The maximum atomic E-state index is 12.4. The van der Waals surface area contributed by atoms with Gasteiger partial charge in [0.15, 0.2) is 0 Å². The van der Waals surface area contributed by atoms with Crippen LogP contribution in [0, 0.1) is 0 Å². The number of carboxylic acids is 1. The second kappa shape index (κ2) is 11.2. The van der Waals surface area contributed by atoms with Crippen molar-refractivity contribution in [3.63, 3.8) is 0 Å². The predicted octanol–water partition coefficient (Wildman–Crippen LogP) is 2.29. The molecule has 9 heteroatoms. The fourth-order valence-electron chi connectivity index (χ4n) is 2.48. The number of methoxy groups -OCH3 is 1.